The minimum absolute atomic E-state index is 0.467. The largest absolute Gasteiger partial charge is 0.573 e. The first-order chi connectivity index (χ1) is 7.74. The highest BCUT2D eigenvalue weighted by atomic mass is 19.4. The zero-order chi connectivity index (χ0) is 13.2. The van der Waals surface area contributed by atoms with Crippen LogP contribution in [0, 0.1) is 5.95 Å². The number of pyridine rings is 1. The van der Waals surface area contributed by atoms with Gasteiger partial charge in [0, 0.05) is 6.07 Å². The molecule has 0 aliphatic rings. The standard InChI is InChI=1S/C8H5F6NO2/c1-16-4-2-3(6(9)10)5(7(11)15-4)17-8(12,13)14/h2,6H,1H3. The Morgan fingerprint density at radius 1 is 1.29 bits per heavy atom. The molecule has 0 fully saturated rings. The first-order valence-electron chi connectivity index (χ1n) is 4.03. The van der Waals surface area contributed by atoms with E-state index in [4.69, 9.17) is 0 Å². The molecular formula is C8H5F6NO2. The quantitative estimate of drug-likeness (QED) is 0.619. The maximum atomic E-state index is 13.0. The van der Waals surface area contributed by atoms with Crippen molar-refractivity contribution in [2.75, 3.05) is 7.11 Å². The minimum atomic E-state index is -5.29. The van der Waals surface area contributed by atoms with E-state index in [2.05, 4.69) is 14.5 Å². The molecule has 0 bridgehead atoms. The molecule has 1 heterocycles. The van der Waals surface area contributed by atoms with Crippen LogP contribution in [0.1, 0.15) is 12.0 Å². The fraction of sp³-hybridized carbons (Fsp3) is 0.375. The van der Waals surface area contributed by atoms with Crippen LogP contribution >= 0.6 is 0 Å². The van der Waals surface area contributed by atoms with Crippen LogP contribution in [0.3, 0.4) is 0 Å². The summed E-state index contributed by atoms with van der Waals surface area (Å²) < 4.78 is 80.9. The average Bonchev–Trinajstić information content (AvgIpc) is 2.18. The topological polar surface area (TPSA) is 31.4 Å². The van der Waals surface area contributed by atoms with Crippen molar-refractivity contribution in [2.45, 2.75) is 12.8 Å². The first-order valence-corrected chi connectivity index (χ1v) is 4.03. The normalized spacial score (nSPS) is 11.8. The van der Waals surface area contributed by atoms with Crippen LogP contribution in [0.2, 0.25) is 0 Å². The summed E-state index contributed by atoms with van der Waals surface area (Å²) in [5, 5.41) is 0. The van der Waals surface area contributed by atoms with Gasteiger partial charge < -0.3 is 9.47 Å². The molecule has 0 aliphatic heterocycles. The predicted molar refractivity (Wildman–Crippen MR) is 42.4 cm³/mol. The molecular weight excluding hydrogens is 256 g/mol. The molecule has 0 amide bonds. The van der Waals surface area contributed by atoms with Crippen molar-refractivity contribution in [1.29, 1.82) is 0 Å². The summed E-state index contributed by atoms with van der Waals surface area (Å²) in [6, 6.07) is 0.467. The number of aromatic nitrogens is 1. The summed E-state index contributed by atoms with van der Waals surface area (Å²) >= 11 is 0. The van der Waals surface area contributed by atoms with Crippen molar-refractivity contribution < 1.29 is 35.8 Å². The Labute approximate surface area is 91.0 Å². The van der Waals surface area contributed by atoms with Gasteiger partial charge in [-0.3, -0.25) is 0 Å². The van der Waals surface area contributed by atoms with Gasteiger partial charge in [-0.1, -0.05) is 0 Å². The van der Waals surface area contributed by atoms with E-state index in [1.807, 2.05) is 0 Å². The number of hydrogen-bond donors (Lipinski definition) is 0. The van der Waals surface area contributed by atoms with Crippen molar-refractivity contribution in [3.05, 3.63) is 17.6 Å². The van der Waals surface area contributed by atoms with E-state index in [9.17, 15) is 26.3 Å². The Balaban J connectivity index is 3.27. The molecule has 1 rings (SSSR count). The average molecular weight is 261 g/mol. The van der Waals surface area contributed by atoms with Gasteiger partial charge in [-0.2, -0.15) is 9.37 Å². The van der Waals surface area contributed by atoms with Crippen molar-refractivity contribution in [2.24, 2.45) is 0 Å². The van der Waals surface area contributed by atoms with E-state index < -0.39 is 35.9 Å². The van der Waals surface area contributed by atoms with Crippen molar-refractivity contribution in [3.8, 4) is 11.6 Å². The molecule has 0 saturated carbocycles. The summed E-state index contributed by atoms with van der Waals surface area (Å²) in [5.41, 5.74) is -1.29. The van der Waals surface area contributed by atoms with Gasteiger partial charge in [-0.15, -0.1) is 13.2 Å². The maximum Gasteiger partial charge on any atom is 0.573 e. The summed E-state index contributed by atoms with van der Waals surface area (Å²) in [7, 11) is 1.00. The lowest BCUT2D eigenvalue weighted by molar-refractivity contribution is -0.276. The van der Waals surface area contributed by atoms with Crippen LogP contribution in [-0.2, 0) is 0 Å². The number of methoxy groups -OCH3 is 1. The second-order valence-corrected chi connectivity index (χ2v) is 2.72. The van der Waals surface area contributed by atoms with Gasteiger partial charge >= 0.3 is 6.36 Å². The molecule has 0 N–H and O–H groups in total. The molecule has 0 aliphatic carbocycles. The summed E-state index contributed by atoms with van der Waals surface area (Å²) in [4.78, 5) is 2.87. The first kappa shape index (κ1) is 13.4. The maximum absolute atomic E-state index is 13.0. The Kier molecular flexibility index (Phi) is 3.69. The summed E-state index contributed by atoms with van der Waals surface area (Å²) in [6.07, 6.45) is -8.65. The van der Waals surface area contributed by atoms with Crippen LogP contribution in [0.5, 0.6) is 11.6 Å². The van der Waals surface area contributed by atoms with E-state index in [0.29, 0.717) is 6.07 Å². The number of ether oxygens (including phenoxy) is 2. The molecule has 1 aromatic heterocycles. The van der Waals surface area contributed by atoms with Crippen LogP contribution < -0.4 is 9.47 Å². The molecule has 0 spiro atoms. The highest BCUT2D eigenvalue weighted by Gasteiger charge is 2.35. The van der Waals surface area contributed by atoms with Crippen molar-refractivity contribution in [3.63, 3.8) is 0 Å². The van der Waals surface area contributed by atoms with Crippen molar-refractivity contribution >= 4 is 0 Å². The van der Waals surface area contributed by atoms with Crippen LogP contribution in [-0.4, -0.2) is 18.5 Å². The number of nitrogens with zero attached hydrogens (tertiary/aromatic N) is 1. The number of alkyl halides is 5. The molecule has 0 saturated heterocycles. The highest BCUT2D eigenvalue weighted by Crippen LogP contribution is 2.36. The minimum Gasteiger partial charge on any atom is -0.481 e. The zero-order valence-corrected chi connectivity index (χ0v) is 8.19. The SMILES string of the molecule is COc1cc(C(F)F)c(OC(F)(F)F)c(F)n1. The van der Waals surface area contributed by atoms with Gasteiger partial charge in [0.15, 0.2) is 5.75 Å². The van der Waals surface area contributed by atoms with E-state index in [1.54, 1.807) is 0 Å². The van der Waals surface area contributed by atoms with E-state index in [1.165, 1.54) is 0 Å². The lowest BCUT2D eigenvalue weighted by Gasteiger charge is -2.13. The van der Waals surface area contributed by atoms with Crippen LogP contribution in [0.15, 0.2) is 6.07 Å². The van der Waals surface area contributed by atoms with E-state index in [0.717, 1.165) is 7.11 Å². The second kappa shape index (κ2) is 4.68. The van der Waals surface area contributed by atoms with Gasteiger partial charge in [-0.05, 0) is 0 Å². The van der Waals surface area contributed by atoms with Crippen molar-refractivity contribution in [1.82, 2.24) is 4.98 Å². The fourth-order valence-electron chi connectivity index (χ4n) is 0.981. The third-order valence-corrected chi connectivity index (χ3v) is 1.60. The van der Waals surface area contributed by atoms with E-state index >= 15 is 0 Å². The molecule has 9 heteroatoms. The smallest absolute Gasteiger partial charge is 0.481 e. The highest BCUT2D eigenvalue weighted by molar-refractivity contribution is 5.37. The molecule has 17 heavy (non-hydrogen) atoms. The molecule has 0 unspecified atom stereocenters. The summed E-state index contributed by atoms with van der Waals surface area (Å²) in [5.74, 6) is -4.06. The number of hydrogen-bond acceptors (Lipinski definition) is 3. The Morgan fingerprint density at radius 2 is 1.88 bits per heavy atom. The van der Waals surface area contributed by atoms with Gasteiger partial charge in [0.1, 0.15) is 0 Å². The molecule has 0 aromatic carbocycles. The molecule has 1 aromatic rings. The molecule has 96 valence electrons. The number of rotatable bonds is 3. The van der Waals surface area contributed by atoms with E-state index in [-0.39, 0.29) is 0 Å². The lowest BCUT2D eigenvalue weighted by atomic mass is 10.2. The Hall–Kier alpha value is -1.67. The summed E-state index contributed by atoms with van der Waals surface area (Å²) in [6.45, 7) is 0. The molecule has 3 nitrogen and oxygen atoms in total. The Morgan fingerprint density at radius 3 is 2.29 bits per heavy atom. The predicted octanol–water partition coefficient (Wildman–Crippen LogP) is 3.07. The van der Waals surface area contributed by atoms with Gasteiger partial charge in [-0.25, -0.2) is 8.78 Å². The third kappa shape index (κ3) is 3.40. The number of halogens is 6. The van der Waals surface area contributed by atoms with Crippen LogP contribution in [0.25, 0.3) is 0 Å². The molecule has 0 atom stereocenters. The van der Waals surface area contributed by atoms with Crippen LogP contribution in [0.4, 0.5) is 26.3 Å². The second-order valence-electron chi connectivity index (χ2n) is 2.72. The lowest BCUT2D eigenvalue weighted by Crippen LogP contribution is -2.19. The fourth-order valence-corrected chi connectivity index (χ4v) is 0.981. The third-order valence-electron chi connectivity index (χ3n) is 1.60. The van der Waals surface area contributed by atoms with Gasteiger partial charge in [0.25, 0.3) is 12.4 Å². The van der Waals surface area contributed by atoms with Gasteiger partial charge in [0.2, 0.25) is 5.88 Å². The Bertz CT molecular complexity index is 406. The zero-order valence-electron chi connectivity index (χ0n) is 8.19. The molecule has 0 radical (unpaired) electrons. The van der Waals surface area contributed by atoms with Gasteiger partial charge in [0.05, 0.1) is 12.7 Å². The monoisotopic (exact) mass is 261 g/mol.